The fourth-order valence-electron chi connectivity index (χ4n) is 2.31. The highest BCUT2D eigenvalue weighted by atomic mass is 79.9. The lowest BCUT2D eigenvalue weighted by molar-refractivity contribution is 0.628. The summed E-state index contributed by atoms with van der Waals surface area (Å²) in [4.78, 5) is 4.45. The number of aromatic nitrogens is 1. The number of nitrogens with zero attached hydrogens (tertiary/aromatic N) is 1. The van der Waals surface area contributed by atoms with Crippen LogP contribution in [-0.2, 0) is 6.54 Å². The Kier molecular flexibility index (Phi) is 3.88. The fourth-order valence-corrected chi connectivity index (χ4v) is 2.77. The molecule has 106 valence electrons. The first-order valence-electron chi connectivity index (χ1n) is 6.67. The van der Waals surface area contributed by atoms with Crippen molar-refractivity contribution in [2.24, 2.45) is 0 Å². The van der Waals surface area contributed by atoms with Gasteiger partial charge in [-0.15, -0.1) is 0 Å². The molecule has 0 saturated heterocycles. The number of hydrogen-bond donors (Lipinski definition) is 1. The second kappa shape index (κ2) is 5.82. The Bertz CT molecular complexity index is 802. The van der Waals surface area contributed by atoms with Crippen LogP contribution in [0.1, 0.15) is 11.1 Å². The summed E-state index contributed by atoms with van der Waals surface area (Å²) in [5, 5.41) is 4.36. The molecule has 1 aromatic heterocycles. The molecular weight excluding hydrogens is 331 g/mol. The van der Waals surface area contributed by atoms with Crippen LogP contribution >= 0.6 is 15.9 Å². The molecule has 0 bridgehead atoms. The number of nitrogens with one attached hydrogen (secondary N) is 1. The van der Waals surface area contributed by atoms with Crippen LogP contribution in [0.3, 0.4) is 0 Å². The lowest BCUT2D eigenvalue weighted by Gasteiger charge is -2.12. The molecule has 1 heterocycles. The van der Waals surface area contributed by atoms with E-state index in [-0.39, 0.29) is 5.82 Å². The molecule has 0 radical (unpaired) electrons. The summed E-state index contributed by atoms with van der Waals surface area (Å²) in [6.45, 7) is 2.56. The van der Waals surface area contributed by atoms with Gasteiger partial charge in [0.05, 0.1) is 5.52 Å². The summed E-state index contributed by atoms with van der Waals surface area (Å²) in [5.41, 5.74) is 3.86. The molecule has 21 heavy (non-hydrogen) atoms. The molecule has 3 rings (SSSR count). The Morgan fingerprint density at radius 2 is 2.05 bits per heavy atom. The maximum absolute atomic E-state index is 13.3. The van der Waals surface area contributed by atoms with Crippen molar-refractivity contribution in [2.45, 2.75) is 13.5 Å². The van der Waals surface area contributed by atoms with Crippen LogP contribution in [0.25, 0.3) is 10.9 Å². The van der Waals surface area contributed by atoms with Crippen molar-refractivity contribution in [2.75, 3.05) is 5.32 Å². The van der Waals surface area contributed by atoms with Crippen molar-refractivity contribution < 1.29 is 4.39 Å². The maximum atomic E-state index is 13.3. The van der Waals surface area contributed by atoms with Crippen LogP contribution < -0.4 is 5.32 Å². The molecule has 1 N–H and O–H groups in total. The molecular formula is C17H14BrFN2. The van der Waals surface area contributed by atoms with E-state index in [2.05, 4.69) is 26.2 Å². The quantitative estimate of drug-likeness (QED) is 0.718. The number of aryl methyl sites for hydroxylation is 1. The summed E-state index contributed by atoms with van der Waals surface area (Å²) < 4.78 is 14.3. The molecule has 0 saturated carbocycles. The third-order valence-corrected chi connectivity index (χ3v) is 4.16. The molecule has 0 fully saturated rings. The highest BCUT2D eigenvalue weighted by molar-refractivity contribution is 9.10. The predicted octanol–water partition coefficient (Wildman–Crippen LogP) is 5.06. The number of fused-ring (bicyclic) bond motifs is 1. The Balaban J connectivity index is 1.92. The van der Waals surface area contributed by atoms with Crippen molar-refractivity contribution in [1.29, 1.82) is 0 Å². The first-order chi connectivity index (χ1) is 10.1. The Morgan fingerprint density at radius 3 is 2.90 bits per heavy atom. The number of anilines is 1. The topological polar surface area (TPSA) is 24.9 Å². The largest absolute Gasteiger partial charge is 0.381 e. The first kappa shape index (κ1) is 14.0. The molecule has 4 heteroatoms. The molecule has 2 aromatic carbocycles. The summed E-state index contributed by atoms with van der Waals surface area (Å²) in [6, 6.07) is 12.8. The van der Waals surface area contributed by atoms with Gasteiger partial charge >= 0.3 is 0 Å². The third-order valence-electron chi connectivity index (χ3n) is 3.47. The molecule has 0 aliphatic heterocycles. The predicted molar refractivity (Wildman–Crippen MR) is 87.9 cm³/mol. The number of halogens is 2. The average molecular weight is 345 g/mol. The van der Waals surface area contributed by atoms with Gasteiger partial charge in [-0.1, -0.05) is 34.1 Å². The lowest BCUT2D eigenvalue weighted by atomic mass is 10.1. The van der Waals surface area contributed by atoms with E-state index in [1.54, 1.807) is 12.3 Å². The standard InChI is InChI=1S/C17H14BrFN2/c1-11-4-6-13(19)9-16(11)21-10-12-5-7-15(18)14-3-2-8-20-17(12)14/h2-9,21H,10H2,1H3. The van der Waals surface area contributed by atoms with Gasteiger partial charge in [-0.2, -0.15) is 0 Å². The van der Waals surface area contributed by atoms with E-state index in [9.17, 15) is 4.39 Å². The number of rotatable bonds is 3. The van der Waals surface area contributed by atoms with E-state index in [4.69, 9.17) is 0 Å². The van der Waals surface area contributed by atoms with Crippen LogP contribution in [0.5, 0.6) is 0 Å². The molecule has 0 amide bonds. The molecule has 0 unspecified atom stereocenters. The van der Waals surface area contributed by atoms with Crippen molar-refractivity contribution >= 4 is 32.5 Å². The van der Waals surface area contributed by atoms with E-state index in [0.717, 1.165) is 32.2 Å². The highest BCUT2D eigenvalue weighted by Gasteiger charge is 2.06. The number of hydrogen-bond acceptors (Lipinski definition) is 2. The van der Waals surface area contributed by atoms with Crippen molar-refractivity contribution in [3.8, 4) is 0 Å². The SMILES string of the molecule is Cc1ccc(F)cc1NCc1ccc(Br)c2cccnc12. The molecule has 0 aliphatic carbocycles. The Morgan fingerprint density at radius 1 is 1.19 bits per heavy atom. The smallest absolute Gasteiger partial charge is 0.125 e. The zero-order valence-electron chi connectivity index (χ0n) is 11.5. The van der Waals surface area contributed by atoms with E-state index in [1.165, 1.54) is 12.1 Å². The van der Waals surface area contributed by atoms with Gasteiger partial charge in [0.25, 0.3) is 0 Å². The van der Waals surface area contributed by atoms with Crippen LogP contribution in [0.4, 0.5) is 10.1 Å². The summed E-state index contributed by atoms with van der Waals surface area (Å²) in [5.74, 6) is -0.234. The fraction of sp³-hybridized carbons (Fsp3) is 0.118. The zero-order valence-corrected chi connectivity index (χ0v) is 13.1. The van der Waals surface area contributed by atoms with Gasteiger partial charge < -0.3 is 5.32 Å². The van der Waals surface area contributed by atoms with Gasteiger partial charge in [-0.25, -0.2) is 4.39 Å². The van der Waals surface area contributed by atoms with Gasteiger partial charge in [0.15, 0.2) is 0 Å². The second-order valence-electron chi connectivity index (χ2n) is 4.92. The van der Waals surface area contributed by atoms with Crippen LogP contribution in [0.15, 0.2) is 53.1 Å². The zero-order chi connectivity index (χ0) is 14.8. The highest BCUT2D eigenvalue weighted by Crippen LogP contribution is 2.26. The minimum absolute atomic E-state index is 0.234. The normalized spacial score (nSPS) is 10.8. The minimum atomic E-state index is -0.234. The van der Waals surface area contributed by atoms with Gasteiger partial charge in [-0.05, 0) is 42.3 Å². The molecule has 0 atom stereocenters. The second-order valence-corrected chi connectivity index (χ2v) is 5.77. The molecule has 2 nitrogen and oxygen atoms in total. The van der Waals surface area contributed by atoms with E-state index in [1.807, 2.05) is 31.2 Å². The van der Waals surface area contributed by atoms with Gasteiger partial charge in [0, 0.05) is 28.3 Å². The maximum Gasteiger partial charge on any atom is 0.125 e. The summed E-state index contributed by atoms with van der Waals surface area (Å²) >= 11 is 3.54. The third kappa shape index (κ3) is 2.90. The average Bonchev–Trinajstić information content (AvgIpc) is 2.50. The van der Waals surface area contributed by atoms with Crippen LogP contribution in [-0.4, -0.2) is 4.98 Å². The van der Waals surface area contributed by atoms with Crippen LogP contribution in [0.2, 0.25) is 0 Å². The molecule has 0 spiro atoms. The minimum Gasteiger partial charge on any atom is -0.381 e. The monoisotopic (exact) mass is 344 g/mol. The number of benzene rings is 2. The number of pyridine rings is 1. The Labute approximate surface area is 131 Å². The van der Waals surface area contributed by atoms with E-state index >= 15 is 0 Å². The van der Waals surface area contributed by atoms with E-state index < -0.39 is 0 Å². The van der Waals surface area contributed by atoms with Crippen molar-refractivity contribution in [3.05, 3.63) is 70.1 Å². The molecule has 0 aliphatic rings. The summed E-state index contributed by atoms with van der Waals surface area (Å²) in [6.07, 6.45) is 1.78. The van der Waals surface area contributed by atoms with Crippen molar-refractivity contribution in [1.82, 2.24) is 4.98 Å². The first-order valence-corrected chi connectivity index (χ1v) is 7.46. The van der Waals surface area contributed by atoms with Crippen molar-refractivity contribution in [3.63, 3.8) is 0 Å². The van der Waals surface area contributed by atoms with Gasteiger partial charge in [-0.3, -0.25) is 4.98 Å². The Hall–Kier alpha value is -1.94. The van der Waals surface area contributed by atoms with Gasteiger partial charge in [0.1, 0.15) is 5.82 Å². The lowest BCUT2D eigenvalue weighted by Crippen LogP contribution is -2.03. The van der Waals surface area contributed by atoms with Gasteiger partial charge in [0.2, 0.25) is 0 Å². The summed E-state index contributed by atoms with van der Waals surface area (Å²) in [7, 11) is 0. The van der Waals surface area contributed by atoms with Crippen LogP contribution in [0, 0.1) is 12.7 Å². The molecule has 3 aromatic rings. The van der Waals surface area contributed by atoms with E-state index in [0.29, 0.717) is 6.54 Å².